The van der Waals surface area contributed by atoms with Crippen molar-refractivity contribution in [3.05, 3.63) is 0 Å². The minimum atomic E-state index is -1.31. The molecule has 4 N–H and O–H groups in total. The van der Waals surface area contributed by atoms with Crippen molar-refractivity contribution in [3.8, 4) is 0 Å². The van der Waals surface area contributed by atoms with E-state index in [4.69, 9.17) is 10.2 Å². The van der Waals surface area contributed by atoms with Gasteiger partial charge in [0.25, 0.3) is 0 Å². The SMILES string of the molecule is CSCC[C@H](NC(C)=O)C(=O)N[C@@H](CCC(=O)O)C(=O)O. The number of carbonyl (C=O) groups is 4. The van der Waals surface area contributed by atoms with Crippen molar-refractivity contribution >= 4 is 35.5 Å². The summed E-state index contributed by atoms with van der Waals surface area (Å²) in [6.07, 6.45) is 1.62. The maximum absolute atomic E-state index is 12.0. The predicted octanol–water partition coefficient (Wildman–Crippen LogP) is -0.322. The van der Waals surface area contributed by atoms with Gasteiger partial charge in [0.2, 0.25) is 11.8 Å². The normalized spacial score (nSPS) is 13.0. The highest BCUT2D eigenvalue weighted by Gasteiger charge is 2.26. The standard InChI is InChI=1S/C12H20N2O6S/c1-7(15)13-8(5-6-21-2)11(18)14-9(12(19)20)3-4-10(16)17/h8-9H,3-6H2,1-2H3,(H,13,15)(H,14,18)(H,16,17)(H,19,20)/t8-,9-/m0/s1. The number of carbonyl (C=O) groups excluding carboxylic acids is 2. The van der Waals surface area contributed by atoms with Gasteiger partial charge < -0.3 is 20.8 Å². The summed E-state index contributed by atoms with van der Waals surface area (Å²) in [6.45, 7) is 1.26. The van der Waals surface area contributed by atoms with E-state index in [0.29, 0.717) is 12.2 Å². The van der Waals surface area contributed by atoms with Gasteiger partial charge in [0.05, 0.1) is 0 Å². The number of nitrogens with one attached hydrogen (secondary N) is 2. The van der Waals surface area contributed by atoms with Gasteiger partial charge in [-0.05, 0) is 24.9 Å². The second-order valence-electron chi connectivity index (χ2n) is 4.37. The molecule has 2 atom stereocenters. The van der Waals surface area contributed by atoms with Crippen molar-refractivity contribution in [2.75, 3.05) is 12.0 Å². The molecule has 0 saturated carbocycles. The molecule has 8 nitrogen and oxygen atoms in total. The molecule has 0 radical (unpaired) electrons. The molecule has 0 aliphatic carbocycles. The van der Waals surface area contributed by atoms with Crippen LogP contribution in [0.3, 0.4) is 0 Å². The van der Waals surface area contributed by atoms with Crippen molar-refractivity contribution in [2.45, 2.75) is 38.3 Å². The molecule has 0 saturated heterocycles. The fourth-order valence-corrected chi connectivity index (χ4v) is 2.02. The van der Waals surface area contributed by atoms with Gasteiger partial charge in [-0.3, -0.25) is 14.4 Å². The van der Waals surface area contributed by atoms with Crippen LogP contribution in [0.25, 0.3) is 0 Å². The van der Waals surface area contributed by atoms with Gasteiger partial charge in [-0.1, -0.05) is 0 Å². The zero-order valence-electron chi connectivity index (χ0n) is 11.9. The number of hydrogen-bond donors (Lipinski definition) is 4. The van der Waals surface area contributed by atoms with Gasteiger partial charge in [0, 0.05) is 13.3 Å². The highest BCUT2D eigenvalue weighted by atomic mass is 32.2. The van der Waals surface area contributed by atoms with E-state index < -0.39 is 35.8 Å². The first kappa shape index (κ1) is 19.2. The summed E-state index contributed by atoms with van der Waals surface area (Å²) >= 11 is 1.49. The Hall–Kier alpha value is -1.77. The zero-order valence-corrected chi connectivity index (χ0v) is 12.7. The van der Waals surface area contributed by atoms with Gasteiger partial charge in [-0.2, -0.15) is 11.8 Å². The lowest BCUT2D eigenvalue weighted by Gasteiger charge is -2.20. The lowest BCUT2D eigenvalue weighted by molar-refractivity contribution is -0.143. The van der Waals surface area contributed by atoms with Crippen molar-refractivity contribution in [2.24, 2.45) is 0 Å². The minimum absolute atomic E-state index is 0.217. The minimum Gasteiger partial charge on any atom is -0.481 e. The van der Waals surface area contributed by atoms with Crippen LogP contribution in [0.5, 0.6) is 0 Å². The average Bonchev–Trinajstić information content (AvgIpc) is 2.37. The van der Waals surface area contributed by atoms with E-state index >= 15 is 0 Å². The molecule has 0 aliphatic rings. The number of thioether (sulfide) groups is 1. The van der Waals surface area contributed by atoms with Crippen LogP contribution in [0.4, 0.5) is 0 Å². The first-order chi connectivity index (χ1) is 9.77. The van der Waals surface area contributed by atoms with Crippen LogP contribution >= 0.6 is 11.8 Å². The summed E-state index contributed by atoms with van der Waals surface area (Å²) in [5.41, 5.74) is 0. The predicted molar refractivity (Wildman–Crippen MR) is 77.0 cm³/mol. The Bertz CT molecular complexity index is 401. The Labute approximate surface area is 126 Å². The highest BCUT2D eigenvalue weighted by Crippen LogP contribution is 2.04. The number of rotatable bonds is 10. The van der Waals surface area contributed by atoms with Crippen molar-refractivity contribution in [3.63, 3.8) is 0 Å². The summed E-state index contributed by atoms with van der Waals surface area (Å²) < 4.78 is 0. The van der Waals surface area contributed by atoms with Crippen LogP contribution in [0, 0.1) is 0 Å². The average molecular weight is 320 g/mol. The number of amides is 2. The lowest BCUT2D eigenvalue weighted by atomic mass is 10.1. The van der Waals surface area contributed by atoms with E-state index in [0.717, 1.165) is 0 Å². The third-order valence-electron chi connectivity index (χ3n) is 2.57. The molecule has 0 aromatic rings. The number of carboxylic acids is 2. The molecule has 0 spiro atoms. The molecule has 0 bridgehead atoms. The summed E-state index contributed by atoms with van der Waals surface area (Å²) in [7, 11) is 0. The van der Waals surface area contributed by atoms with Gasteiger partial charge in [0.15, 0.2) is 0 Å². The maximum atomic E-state index is 12.0. The van der Waals surface area contributed by atoms with Crippen LogP contribution in [0.15, 0.2) is 0 Å². The Balaban J connectivity index is 4.68. The number of hydrogen-bond acceptors (Lipinski definition) is 5. The molecular formula is C12H20N2O6S. The van der Waals surface area contributed by atoms with Crippen LogP contribution < -0.4 is 10.6 Å². The fourth-order valence-electron chi connectivity index (χ4n) is 1.55. The third-order valence-corrected chi connectivity index (χ3v) is 3.21. The van der Waals surface area contributed by atoms with Gasteiger partial charge in [-0.25, -0.2) is 4.79 Å². The first-order valence-corrected chi connectivity index (χ1v) is 7.68. The van der Waals surface area contributed by atoms with E-state index in [1.54, 1.807) is 0 Å². The largest absolute Gasteiger partial charge is 0.481 e. The van der Waals surface area contributed by atoms with Gasteiger partial charge >= 0.3 is 11.9 Å². The smallest absolute Gasteiger partial charge is 0.326 e. The topological polar surface area (TPSA) is 133 Å². The molecule has 0 unspecified atom stereocenters. The first-order valence-electron chi connectivity index (χ1n) is 6.29. The third kappa shape index (κ3) is 8.90. The summed E-state index contributed by atoms with van der Waals surface area (Å²) in [5, 5.41) is 22.2. The maximum Gasteiger partial charge on any atom is 0.326 e. The molecule has 21 heavy (non-hydrogen) atoms. The van der Waals surface area contributed by atoms with Crippen LogP contribution in [0.2, 0.25) is 0 Å². The molecule has 0 aromatic heterocycles. The van der Waals surface area contributed by atoms with Crippen LogP contribution in [-0.2, 0) is 19.2 Å². The fraction of sp³-hybridized carbons (Fsp3) is 0.667. The monoisotopic (exact) mass is 320 g/mol. The zero-order chi connectivity index (χ0) is 16.4. The molecule has 120 valence electrons. The van der Waals surface area contributed by atoms with Crippen LogP contribution in [-0.4, -0.2) is 58.1 Å². The molecule has 0 fully saturated rings. The highest BCUT2D eigenvalue weighted by molar-refractivity contribution is 7.98. The van der Waals surface area contributed by atoms with Crippen molar-refractivity contribution in [1.82, 2.24) is 10.6 Å². The molecule has 9 heteroatoms. The Kier molecular flexibility index (Phi) is 9.18. The summed E-state index contributed by atoms with van der Waals surface area (Å²) in [5.74, 6) is -2.86. The Morgan fingerprint density at radius 3 is 2.10 bits per heavy atom. The second-order valence-corrected chi connectivity index (χ2v) is 5.35. The Morgan fingerprint density at radius 1 is 1.05 bits per heavy atom. The number of aliphatic carboxylic acids is 2. The summed E-state index contributed by atoms with van der Waals surface area (Å²) in [4.78, 5) is 44.5. The van der Waals surface area contributed by atoms with Crippen LogP contribution in [0.1, 0.15) is 26.2 Å². The van der Waals surface area contributed by atoms with E-state index in [-0.39, 0.29) is 12.8 Å². The number of carboxylic acid groups (broad SMARTS) is 2. The van der Waals surface area contributed by atoms with E-state index in [2.05, 4.69) is 10.6 Å². The second kappa shape index (κ2) is 10.0. The quantitative estimate of drug-likeness (QED) is 0.433. The van der Waals surface area contributed by atoms with Gasteiger partial charge in [-0.15, -0.1) is 0 Å². The van der Waals surface area contributed by atoms with Crippen molar-refractivity contribution < 1.29 is 29.4 Å². The van der Waals surface area contributed by atoms with E-state index in [1.165, 1.54) is 18.7 Å². The van der Waals surface area contributed by atoms with E-state index in [1.807, 2.05) is 6.26 Å². The Morgan fingerprint density at radius 2 is 1.67 bits per heavy atom. The molecule has 0 heterocycles. The summed E-state index contributed by atoms with van der Waals surface area (Å²) in [6, 6.07) is -2.12. The molecule has 0 aliphatic heterocycles. The molecule has 2 amide bonds. The van der Waals surface area contributed by atoms with E-state index in [9.17, 15) is 19.2 Å². The lowest BCUT2D eigenvalue weighted by Crippen LogP contribution is -2.51. The molecule has 0 aromatic carbocycles. The van der Waals surface area contributed by atoms with Gasteiger partial charge in [0.1, 0.15) is 12.1 Å². The molecular weight excluding hydrogens is 300 g/mol. The van der Waals surface area contributed by atoms with Crippen molar-refractivity contribution in [1.29, 1.82) is 0 Å². The molecule has 0 rings (SSSR count).